The Bertz CT molecular complexity index is 674. The molecule has 1 heterocycles. The zero-order chi connectivity index (χ0) is 15.4. The predicted octanol–water partition coefficient (Wildman–Crippen LogP) is 3.31. The number of aromatic nitrogens is 1. The Balaban J connectivity index is 2.30. The SMILES string of the molecule is COc1cc(C(=O)Nc2cc(C)ccc2OC)cc(Cl)n1. The molecule has 0 spiro atoms. The third-order valence-electron chi connectivity index (χ3n) is 2.85. The molecular weight excluding hydrogens is 292 g/mol. The van der Waals surface area contributed by atoms with E-state index >= 15 is 0 Å². The van der Waals surface area contributed by atoms with Crippen LogP contribution in [0, 0.1) is 6.92 Å². The fraction of sp³-hybridized carbons (Fsp3) is 0.200. The predicted molar refractivity (Wildman–Crippen MR) is 81.5 cm³/mol. The first-order valence-electron chi connectivity index (χ1n) is 6.21. The maximum absolute atomic E-state index is 12.3. The van der Waals surface area contributed by atoms with Gasteiger partial charge in [0.05, 0.1) is 19.9 Å². The molecule has 0 fully saturated rings. The van der Waals surface area contributed by atoms with Crippen LogP contribution in [-0.2, 0) is 0 Å². The fourth-order valence-electron chi connectivity index (χ4n) is 1.82. The van der Waals surface area contributed by atoms with Gasteiger partial charge in [-0.15, -0.1) is 0 Å². The molecule has 2 aromatic rings. The van der Waals surface area contributed by atoms with Crippen molar-refractivity contribution in [1.29, 1.82) is 0 Å². The molecule has 0 aliphatic rings. The van der Waals surface area contributed by atoms with Crippen molar-refractivity contribution in [1.82, 2.24) is 4.98 Å². The lowest BCUT2D eigenvalue weighted by Crippen LogP contribution is -2.13. The number of halogens is 1. The van der Waals surface area contributed by atoms with Gasteiger partial charge in [0.1, 0.15) is 10.9 Å². The minimum atomic E-state index is -0.318. The molecule has 2 rings (SSSR count). The van der Waals surface area contributed by atoms with Gasteiger partial charge in [0.15, 0.2) is 0 Å². The third kappa shape index (κ3) is 3.64. The summed E-state index contributed by atoms with van der Waals surface area (Å²) in [5.41, 5.74) is 1.96. The van der Waals surface area contributed by atoms with Crippen LogP contribution < -0.4 is 14.8 Å². The molecule has 0 radical (unpaired) electrons. The van der Waals surface area contributed by atoms with Crippen LogP contribution in [0.15, 0.2) is 30.3 Å². The number of carbonyl (C=O) groups is 1. The zero-order valence-electron chi connectivity index (χ0n) is 11.9. The number of aryl methyl sites for hydroxylation is 1. The van der Waals surface area contributed by atoms with Gasteiger partial charge in [-0.3, -0.25) is 4.79 Å². The maximum Gasteiger partial charge on any atom is 0.256 e. The molecule has 0 saturated heterocycles. The number of ether oxygens (including phenoxy) is 2. The van der Waals surface area contributed by atoms with Crippen LogP contribution in [0.2, 0.25) is 5.15 Å². The first kappa shape index (κ1) is 15.1. The van der Waals surface area contributed by atoms with Crippen molar-refractivity contribution >= 4 is 23.2 Å². The summed E-state index contributed by atoms with van der Waals surface area (Å²) in [6.07, 6.45) is 0. The number of nitrogens with zero attached hydrogens (tertiary/aromatic N) is 1. The highest BCUT2D eigenvalue weighted by atomic mass is 35.5. The van der Waals surface area contributed by atoms with Crippen LogP contribution in [0.5, 0.6) is 11.6 Å². The molecular formula is C15H15ClN2O3. The van der Waals surface area contributed by atoms with Crippen molar-refractivity contribution in [3.8, 4) is 11.6 Å². The molecule has 0 unspecified atom stereocenters. The monoisotopic (exact) mass is 306 g/mol. The quantitative estimate of drug-likeness (QED) is 0.880. The Morgan fingerprint density at radius 1 is 1.19 bits per heavy atom. The zero-order valence-corrected chi connectivity index (χ0v) is 12.7. The number of hydrogen-bond donors (Lipinski definition) is 1. The lowest BCUT2D eigenvalue weighted by molar-refractivity contribution is 0.102. The molecule has 0 saturated carbocycles. The maximum atomic E-state index is 12.3. The molecule has 1 amide bonds. The molecule has 21 heavy (non-hydrogen) atoms. The van der Waals surface area contributed by atoms with Crippen LogP contribution in [0.4, 0.5) is 5.69 Å². The lowest BCUT2D eigenvalue weighted by atomic mass is 10.2. The summed E-state index contributed by atoms with van der Waals surface area (Å²) in [4.78, 5) is 16.2. The second-order valence-corrected chi connectivity index (χ2v) is 4.77. The minimum absolute atomic E-state index is 0.190. The number of carbonyl (C=O) groups excluding carboxylic acids is 1. The van der Waals surface area contributed by atoms with E-state index in [0.717, 1.165) is 5.56 Å². The summed E-state index contributed by atoms with van der Waals surface area (Å²) in [7, 11) is 3.01. The van der Waals surface area contributed by atoms with Crippen LogP contribution in [0.25, 0.3) is 0 Å². The van der Waals surface area contributed by atoms with E-state index in [4.69, 9.17) is 21.1 Å². The van der Waals surface area contributed by atoms with Crippen molar-refractivity contribution in [3.63, 3.8) is 0 Å². The Morgan fingerprint density at radius 3 is 2.62 bits per heavy atom. The average Bonchev–Trinajstić information content (AvgIpc) is 2.46. The van der Waals surface area contributed by atoms with Crippen molar-refractivity contribution in [3.05, 3.63) is 46.6 Å². The molecule has 110 valence electrons. The van der Waals surface area contributed by atoms with Crippen LogP contribution in [0.1, 0.15) is 15.9 Å². The Morgan fingerprint density at radius 2 is 1.95 bits per heavy atom. The van der Waals surface area contributed by atoms with Gasteiger partial charge in [-0.25, -0.2) is 4.98 Å². The fourth-order valence-corrected chi connectivity index (χ4v) is 2.02. The van der Waals surface area contributed by atoms with Crippen molar-refractivity contribution in [2.75, 3.05) is 19.5 Å². The van der Waals surface area contributed by atoms with E-state index in [1.165, 1.54) is 19.2 Å². The lowest BCUT2D eigenvalue weighted by Gasteiger charge is -2.11. The van der Waals surface area contributed by atoms with Crippen molar-refractivity contribution in [2.24, 2.45) is 0 Å². The highest BCUT2D eigenvalue weighted by molar-refractivity contribution is 6.30. The first-order valence-corrected chi connectivity index (χ1v) is 6.59. The van der Waals surface area contributed by atoms with Gasteiger partial charge in [-0.2, -0.15) is 0 Å². The molecule has 6 heteroatoms. The number of hydrogen-bond acceptors (Lipinski definition) is 4. The summed E-state index contributed by atoms with van der Waals surface area (Å²) >= 11 is 5.86. The highest BCUT2D eigenvalue weighted by Gasteiger charge is 2.12. The molecule has 0 bridgehead atoms. The molecule has 0 aliphatic carbocycles. The smallest absolute Gasteiger partial charge is 0.256 e. The van der Waals surface area contributed by atoms with E-state index < -0.39 is 0 Å². The van der Waals surface area contributed by atoms with Crippen LogP contribution in [-0.4, -0.2) is 25.1 Å². The standard InChI is InChI=1S/C15H15ClN2O3/c1-9-4-5-12(20-2)11(6-9)17-15(19)10-7-13(16)18-14(8-10)21-3/h4-8H,1-3H3,(H,17,19). The number of pyridine rings is 1. The first-order chi connectivity index (χ1) is 10.0. The molecule has 1 aromatic carbocycles. The van der Waals surface area contributed by atoms with E-state index in [1.54, 1.807) is 13.2 Å². The van der Waals surface area contributed by atoms with E-state index in [-0.39, 0.29) is 16.9 Å². The number of benzene rings is 1. The number of amides is 1. The van der Waals surface area contributed by atoms with Gasteiger partial charge < -0.3 is 14.8 Å². The molecule has 0 aliphatic heterocycles. The second kappa shape index (κ2) is 6.45. The molecule has 1 aromatic heterocycles. The van der Waals surface area contributed by atoms with Gasteiger partial charge in [-0.05, 0) is 30.7 Å². The summed E-state index contributed by atoms with van der Waals surface area (Å²) in [6.45, 7) is 1.93. The van der Waals surface area contributed by atoms with Crippen LogP contribution >= 0.6 is 11.6 Å². The summed E-state index contributed by atoms with van der Waals surface area (Å²) in [5.74, 6) is 0.548. The Hall–Kier alpha value is -2.27. The minimum Gasteiger partial charge on any atom is -0.495 e. The second-order valence-electron chi connectivity index (χ2n) is 4.38. The Kier molecular flexibility index (Phi) is 4.65. The number of rotatable bonds is 4. The topological polar surface area (TPSA) is 60.5 Å². The van der Waals surface area contributed by atoms with Gasteiger partial charge in [-0.1, -0.05) is 17.7 Å². The van der Waals surface area contributed by atoms with E-state index in [1.807, 2.05) is 19.1 Å². The summed E-state index contributed by atoms with van der Waals surface area (Å²) in [6, 6.07) is 8.52. The number of anilines is 1. The summed E-state index contributed by atoms with van der Waals surface area (Å²) in [5, 5.41) is 2.98. The van der Waals surface area contributed by atoms with Gasteiger partial charge in [0.2, 0.25) is 5.88 Å². The molecule has 5 nitrogen and oxygen atoms in total. The largest absolute Gasteiger partial charge is 0.495 e. The van der Waals surface area contributed by atoms with Gasteiger partial charge >= 0.3 is 0 Å². The number of methoxy groups -OCH3 is 2. The van der Waals surface area contributed by atoms with Crippen LogP contribution in [0.3, 0.4) is 0 Å². The Labute approximate surface area is 127 Å². The normalized spacial score (nSPS) is 10.1. The highest BCUT2D eigenvalue weighted by Crippen LogP contribution is 2.26. The third-order valence-corrected chi connectivity index (χ3v) is 3.04. The van der Waals surface area contributed by atoms with E-state index in [9.17, 15) is 4.79 Å². The van der Waals surface area contributed by atoms with Gasteiger partial charge in [0.25, 0.3) is 5.91 Å². The van der Waals surface area contributed by atoms with Crippen molar-refractivity contribution in [2.45, 2.75) is 6.92 Å². The van der Waals surface area contributed by atoms with E-state index in [0.29, 0.717) is 17.0 Å². The summed E-state index contributed by atoms with van der Waals surface area (Å²) < 4.78 is 10.2. The number of nitrogens with one attached hydrogen (secondary N) is 1. The van der Waals surface area contributed by atoms with Crippen molar-refractivity contribution < 1.29 is 14.3 Å². The van der Waals surface area contributed by atoms with E-state index in [2.05, 4.69) is 10.3 Å². The average molecular weight is 307 g/mol. The molecule has 1 N–H and O–H groups in total. The van der Waals surface area contributed by atoms with Gasteiger partial charge in [0, 0.05) is 11.6 Å². The molecule has 0 atom stereocenters.